The quantitative estimate of drug-likeness (QED) is 0.529. The summed E-state index contributed by atoms with van der Waals surface area (Å²) in [5, 5.41) is 0. The Kier molecular flexibility index (Phi) is 1.58. The Morgan fingerprint density at radius 3 is 3.50 bits per heavy atom. The number of rotatable bonds is 0. The molecular formula is C8H10OS. The van der Waals surface area contributed by atoms with Crippen molar-refractivity contribution < 1.29 is 4.74 Å². The molecular weight excluding hydrogens is 144 g/mol. The highest BCUT2D eigenvalue weighted by molar-refractivity contribution is 8.03. The van der Waals surface area contributed by atoms with Crippen LogP contribution in [0.5, 0.6) is 0 Å². The molecule has 1 fully saturated rings. The van der Waals surface area contributed by atoms with Crippen LogP contribution in [-0.4, -0.2) is 12.0 Å². The van der Waals surface area contributed by atoms with Crippen LogP contribution in [0.4, 0.5) is 0 Å². The summed E-state index contributed by atoms with van der Waals surface area (Å²) in [5.41, 5.74) is 1.38. The van der Waals surface area contributed by atoms with Gasteiger partial charge in [-0.25, -0.2) is 0 Å². The molecule has 1 heterocycles. The van der Waals surface area contributed by atoms with E-state index in [2.05, 4.69) is 19.1 Å². The van der Waals surface area contributed by atoms with E-state index < -0.39 is 0 Å². The standard InChI is InChI=1S/C8H10OS/c1-6-2-3-7-8(4-6)10-5-9-7/h2,4,7H,3,5H2,1H3. The van der Waals surface area contributed by atoms with E-state index >= 15 is 0 Å². The fraction of sp³-hybridized carbons (Fsp3) is 0.500. The lowest BCUT2D eigenvalue weighted by Gasteiger charge is -2.12. The molecule has 1 unspecified atom stereocenters. The third-order valence-electron chi connectivity index (χ3n) is 1.84. The highest BCUT2D eigenvalue weighted by atomic mass is 32.2. The lowest BCUT2D eigenvalue weighted by Crippen LogP contribution is -2.08. The van der Waals surface area contributed by atoms with Crippen LogP contribution in [0, 0.1) is 0 Å². The molecule has 10 heavy (non-hydrogen) atoms. The first-order chi connectivity index (χ1) is 4.86. The van der Waals surface area contributed by atoms with Crippen molar-refractivity contribution >= 4 is 11.8 Å². The number of allylic oxidation sites excluding steroid dienone is 2. The Bertz CT molecular complexity index is 205. The molecule has 1 atom stereocenters. The van der Waals surface area contributed by atoms with Crippen LogP contribution in [0.15, 0.2) is 22.6 Å². The van der Waals surface area contributed by atoms with E-state index in [4.69, 9.17) is 4.74 Å². The van der Waals surface area contributed by atoms with Crippen molar-refractivity contribution in [3.05, 3.63) is 22.6 Å². The van der Waals surface area contributed by atoms with E-state index in [-0.39, 0.29) is 0 Å². The first kappa shape index (κ1) is 6.50. The highest BCUT2D eigenvalue weighted by Gasteiger charge is 2.23. The van der Waals surface area contributed by atoms with Crippen LogP contribution in [0.3, 0.4) is 0 Å². The first-order valence-electron chi connectivity index (χ1n) is 3.49. The smallest absolute Gasteiger partial charge is 0.0973 e. The molecule has 2 aliphatic rings. The summed E-state index contributed by atoms with van der Waals surface area (Å²) in [4.78, 5) is 1.42. The molecule has 0 aromatic carbocycles. The Balaban J connectivity index is 2.24. The molecule has 1 saturated heterocycles. The maximum atomic E-state index is 5.46. The Morgan fingerprint density at radius 2 is 2.60 bits per heavy atom. The molecule has 0 radical (unpaired) electrons. The maximum Gasteiger partial charge on any atom is 0.0973 e. The topological polar surface area (TPSA) is 9.23 Å². The van der Waals surface area contributed by atoms with Crippen molar-refractivity contribution in [3.8, 4) is 0 Å². The fourth-order valence-electron chi connectivity index (χ4n) is 1.25. The van der Waals surface area contributed by atoms with E-state index in [1.165, 1.54) is 10.5 Å². The SMILES string of the molecule is CC1=CCC2OCSC2=C1. The number of hydrogen-bond acceptors (Lipinski definition) is 2. The van der Waals surface area contributed by atoms with Crippen molar-refractivity contribution in [2.24, 2.45) is 0 Å². The van der Waals surface area contributed by atoms with Gasteiger partial charge in [-0.3, -0.25) is 0 Å². The maximum absolute atomic E-state index is 5.46. The molecule has 0 aromatic rings. The van der Waals surface area contributed by atoms with Crippen LogP contribution in [-0.2, 0) is 4.74 Å². The minimum atomic E-state index is 0.397. The second kappa shape index (κ2) is 2.44. The van der Waals surface area contributed by atoms with Gasteiger partial charge in [-0.15, -0.1) is 0 Å². The lowest BCUT2D eigenvalue weighted by atomic mass is 10.1. The Hall–Kier alpha value is -0.210. The van der Waals surface area contributed by atoms with Gasteiger partial charge in [0, 0.05) is 4.91 Å². The van der Waals surface area contributed by atoms with Gasteiger partial charge in [0.2, 0.25) is 0 Å². The highest BCUT2D eigenvalue weighted by Crippen LogP contribution is 2.35. The van der Waals surface area contributed by atoms with Crippen LogP contribution in [0.2, 0.25) is 0 Å². The summed E-state index contributed by atoms with van der Waals surface area (Å²) < 4.78 is 5.46. The second-order valence-corrected chi connectivity index (χ2v) is 3.64. The summed E-state index contributed by atoms with van der Waals surface area (Å²) >= 11 is 1.83. The lowest BCUT2D eigenvalue weighted by molar-refractivity contribution is 0.138. The predicted molar refractivity (Wildman–Crippen MR) is 43.8 cm³/mol. The normalized spacial score (nSPS) is 31.1. The van der Waals surface area contributed by atoms with Gasteiger partial charge >= 0.3 is 0 Å². The van der Waals surface area contributed by atoms with E-state index in [9.17, 15) is 0 Å². The fourth-order valence-corrected chi connectivity index (χ4v) is 2.24. The van der Waals surface area contributed by atoms with E-state index in [1.54, 1.807) is 0 Å². The molecule has 1 nitrogen and oxygen atoms in total. The van der Waals surface area contributed by atoms with Crippen molar-refractivity contribution in [1.82, 2.24) is 0 Å². The molecule has 2 heteroatoms. The zero-order chi connectivity index (χ0) is 6.97. The van der Waals surface area contributed by atoms with E-state index in [0.29, 0.717) is 6.10 Å². The minimum absolute atomic E-state index is 0.397. The first-order valence-corrected chi connectivity index (χ1v) is 4.47. The van der Waals surface area contributed by atoms with Crippen LogP contribution in [0.1, 0.15) is 13.3 Å². The molecule has 54 valence electrons. The molecule has 1 aliphatic heterocycles. The van der Waals surface area contributed by atoms with Gasteiger partial charge in [0.05, 0.1) is 12.0 Å². The zero-order valence-corrected chi connectivity index (χ0v) is 6.78. The van der Waals surface area contributed by atoms with Gasteiger partial charge in [0.25, 0.3) is 0 Å². The average molecular weight is 154 g/mol. The number of hydrogen-bond donors (Lipinski definition) is 0. The molecule has 0 aromatic heterocycles. The molecule has 0 amide bonds. The summed E-state index contributed by atoms with van der Waals surface area (Å²) in [7, 11) is 0. The molecule has 0 bridgehead atoms. The Morgan fingerprint density at radius 1 is 1.70 bits per heavy atom. The number of fused-ring (bicyclic) bond motifs is 1. The van der Waals surface area contributed by atoms with Crippen LogP contribution >= 0.6 is 11.8 Å². The molecule has 2 rings (SSSR count). The number of thioether (sulfide) groups is 1. The minimum Gasteiger partial charge on any atom is -0.362 e. The zero-order valence-electron chi connectivity index (χ0n) is 5.96. The summed E-state index contributed by atoms with van der Waals surface area (Å²) in [6.07, 6.45) is 5.94. The van der Waals surface area contributed by atoms with E-state index in [0.717, 1.165) is 12.4 Å². The summed E-state index contributed by atoms with van der Waals surface area (Å²) in [5.74, 6) is 0.845. The summed E-state index contributed by atoms with van der Waals surface area (Å²) in [6.45, 7) is 2.14. The van der Waals surface area contributed by atoms with Gasteiger partial charge in [-0.05, 0) is 19.4 Å². The van der Waals surface area contributed by atoms with Gasteiger partial charge in [0.15, 0.2) is 0 Å². The van der Waals surface area contributed by atoms with Gasteiger partial charge in [-0.2, -0.15) is 0 Å². The monoisotopic (exact) mass is 154 g/mol. The third-order valence-corrected chi connectivity index (χ3v) is 2.80. The summed E-state index contributed by atoms with van der Waals surface area (Å²) in [6, 6.07) is 0. The van der Waals surface area contributed by atoms with Crippen molar-refractivity contribution in [3.63, 3.8) is 0 Å². The average Bonchev–Trinajstić information content (AvgIpc) is 2.33. The van der Waals surface area contributed by atoms with Crippen molar-refractivity contribution in [2.75, 3.05) is 5.94 Å². The van der Waals surface area contributed by atoms with Crippen molar-refractivity contribution in [1.29, 1.82) is 0 Å². The largest absolute Gasteiger partial charge is 0.362 e. The van der Waals surface area contributed by atoms with Gasteiger partial charge in [0.1, 0.15) is 0 Å². The molecule has 0 N–H and O–H groups in total. The molecule has 0 spiro atoms. The van der Waals surface area contributed by atoms with Crippen molar-refractivity contribution in [2.45, 2.75) is 19.4 Å². The van der Waals surface area contributed by atoms with E-state index in [1.807, 2.05) is 11.8 Å². The number of ether oxygens (including phenoxy) is 1. The van der Waals surface area contributed by atoms with Gasteiger partial charge in [-0.1, -0.05) is 23.4 Å². The van der Waals surface area contributed by atoms with Crippen LogP contribution < -0.4 is 0 Å². The van der Waals surface area contributed by atoms with Crippen LogP contribution in [0.25, 0.3) is 0 Å². The Labute approximate surface area is 65.1 Å². The molecule has 0 saturated carbocycles. The second-order valence-electron chi connectivity index (χ2n) is 2.65. The molecule has 1 aliphatic carbocycles. The predicted octanol–water partition coefficient (Wildman–Crippen LogP) is 2.31. The van der Waals surface area contributed by atoms with Gasteiger partial charge < -0.3 is 4.74 Å². The third kappa shape index (κ3) is 1.02.